The summed E-state index contributed by atoms with van der Waals surface area (Å²) >= 11 is 1.36. The van der Waals surface area contributed by atoms with Crippen molar-refractivity contribution in [1.82, 2.24) is 4.90 Å². The molecule has 4 heteroatoms. The Morgan fingerprint density at radius 3 is 2.42 bits per heavy atom. The molecule has 2 N–H and O–H groups in total. The molecule has 1 aromatic carbocycles. The third-order valence-corrected chi connectivity index (χ3v) is 3.43. The predicted molar refractivity (Wildman–Crippen MR) is 86.6 cm³/mol. The molecular formula is C15H25N3S. The maximum absolute atomic E-state index is 4.94. The van der Waals surface area contributed by atoms with Gasteiger partial charge in [0.05, 0.1) is 6.04 Å². The first kappa shape index (κ1) is 16.1. The fourth-order valence-electron chi connectivity index (χ4n) is 1.95. The third kappa shape index (κ3) is 5.66. The van der Waals surface area contributed by atoms with E-state index in [1.54, 1.807) is 0 Å². The highest BCUT2D eigenvalue weighted by Crippen LogP contribution is 2.13. The zero-order chi connectivity index (χ0) is 14.1. The lowest BCUT2D eigenvalue weighted by molar-refractivity contribution is 0.487. The Hall–Kier alpha value is -1.00. The van der Waals surface area contributed by atoms with Gasteiger partial charge in [-0.1, -0.05) is 56.1 Å². The van der Waals surface area contributed by atoms with E-state index in [0.717, 1.165) is 25.1 Å². The molecule has 1 atom stereocenters. The van der Waals surface area contributed by atoms with Crippen LogP contribution in [-0.4, -0.2) is 36.1 Å². The van der Waals surface area contributed by atoms with Gasteiger partial charge in [-0.25, -0.2) is 0 Å². The fourth-order valence-corrected chi connectivity index (χ4v) is 1.95. The second kappa shape index (κ2) is 8.99. The average Bonchev–Trinajstić information content (AvgIpc) is 2.81. The van der Waals surface area contributed by atoms with Gasteiger partial charge in [0.25, 0.3) is 0 Å². The van der Waals surface area contributed by atoms with Crippen LogP contribution >= 0.6 is 11.9 Å². The van der Waals surface area contributed by atoms with Crippen molar-refractivity contribution in [2.24, 2.45) is 10.1 Å². The first-order chi connectivity index (χ1) is 9.21. The average molecular weight is 279 g/mol. The van der Waals surface area contributed by atoms with Crippen LogP contribution in [0.2, 0.25) is 0 Å². The van der Waals surface area contributed by atoms with E-state index in [1.165, 1.54) is 23.3 Å². The highest BCUT2D eigenvalue weighted by atomic mass is 32.2. The van der Waals surface area contributed by atoms with Crippen LogP contribution < -0.4 is 5.14 Å². The molecule has 0 aliphatic carbocycles. The van der Waals surface area contributed by atoms with Crippen LogP contribution in [0.15, 0.2) is 35.3 Å². The lowest BCUT2D eigenvalue weighted by Crippen LogP contribution is -2.25. The summed E-state index contributed by atoms with van der Waals surface area (Å²) in [6.45, 7) is 5.30. The van der Waals surface area contributed by atoms with Crippen molar-refractivity contribution < 1.29 is 0 Å². The van der Waals surface area contributed by atoms with Crippen molar-refractivity contribution in [3.8, 4) is 0 Å². The molecule has 0 saturated carbocycles. The maximum Gasteiger partial charge on any atom is 0.104 e. The lowest BCUT2D eigenvalue weighted by Gasteiger charge is -2.14. The summed E-state index contributed by atoms with van der Waals surface area (Å²) in [6, 6.07) is 11.1. The number of rotatable bonds is 4. The Bertz CT molecular complexity index is 376. The normalized spacial score (nSPS) is 17.8. The molecule has 2 rings (SSSR count). The third-order valence-electron chi connectivity index (χ3n) is 3.10. The highest BCUT2D eigenvalue weighted by molar-refractivity contribution is 7.97. The highest BCUT2D eigenvalue weighted by Gasteiger charge is 2.20. The van der Waals surface area contributed by atoms with Gasteiger partial charge in [-0.2, -0.15) is 0 Å². The molecule has 1 aromatic rings. The summed E-state index contributed by atoms with van der Waals surface area (Å²) in [5.74, 6) is 2.24. The van der Waals surface area contributed by atoms with Crippen molar-refractivity contribution >= 4 is 17.8 Å². The van der Waals surface area contributed by atoms with Crippen molar-refractivity contribution in [1.29, 1.82) is 0 Å². The van der Waals surface area contributed by atoms with Gasteiger partial charge >= 0.3 is 0 Å². The quantitative estimate of drug-likeness (QED) is 0.862. The number of likely N-dealkylation sites (N-methyl/N-ethyl adjacent to an activating group) is 1. The van der Waals surface area contributed by atoms with Gasteiger partial charge in [0, 0.05) is 25.8 Å². The molecule has 0 radical (unpaired) electrons. The number of amidine groups is 1. The molecule has 1 unspecified atom stereocenters. The second-order valence-corrected chi connectivity index (χ2v) is 5.52. The van der Waals surface area contributed by atoms with Crippen molar-refractivity contribution in [3.63, 3.8) is 0 Å². The molecule has 1 aliphatic heterocycles. The van der Waals surface area contributed by atoms with E-state index in [1.807, 2.05) is 6.92 Å². The molecule has 0 fully saturated rings. The smallest absolute Gasteiger partial charge is 0.104 e. The Morgan fingerprint density at radius 1 is 1.32 bits per heavy atom. The minimum Gasteiger partial charge on any atom is -0.361 e. The van der Waals surface area contributed by atoms with E-state index in [9.17, 15) is 0 Å². The Kier molecular flexibility index (Phi) is 7.60. The lowest BCUT2D eigenvalue weighted by atomic mass is 10.1. The largest absolute Gasteiger partial charge is 0.361 e. The SMILES string of the molecule is CCC1CN(C)C(Cc2ccccc2)=N1.CCSN. The van der Waals surface area contributed by atoms with Gasteiger partial charge in [-0.05, 0) is 12.0 Å². The molecule has 1 heterocycles. The van der Waals surface area contributed by atoms with Crippen LogP contribution in [0.4, 0.5) is 0 Å². The number of hydrogen-bond donors (Lipinski definition) is 1. The van der Waals surface area contributed by atoms with Gasteiger partial charge in [-0.3, -0.25) is 10.1 Å². The van der Waals surface area contributed by atoms with Gasteiger partial charge < -0.3 is 4.90 Å². The van der Waals surface area contributed by atoms with E-state index < -0.39 is 0 Å². The standard InChI is InChI=1S/C13H18N2.C2H7NS/c1-3-12-10-15(2)13(14-12)9-11-7-5-4-6-8-11;1-2-4-3/h4-8,12H,3,9-10H2,1-2H3;2-3H2,1H3. The zero-order valence-corrected chi connectivity index (χ0v) is 13.0. The zero-order valence-electron chi connectivity index (χ0n) is 12.2. The molecule has 19 heavy (non-hydrogen) atoms. The van der Waals surface area contributed by atoms with Crippen molar-refractivity contribution in [2.45, 2.75) is 32.7 Å². The number of aliphatic imine (C=N–C) groups is 1. The van der Waals surface area contributed by atoms with E-state index in [2.05, 4.69) is 49.2 Å². The molecule has 1 aliphatic rings. The Balaban J connectivity index is 0.000000399. The van der Waals surface area contributed by atoms with Crippen LogP contribution in [0.1, 0.15) is 25.8 Å². The Morgan fingerprint density at radius 2 is 1.95 bits per heavy atom. The molecule has 106 valence electrons. The first-order valence-electron chi connectivity index (χ1n) is 6.84. The molecule has 0 spiro atoms. The summed E-state index contributed by atoms with van der Waals surface area (Å²) in [7, 11) is 2.14. The van der Waals surface area contributed by atoms with Crippen LogP contribution in [0, 0.1) is 0 Å². The summed E-state index contributed by atoms with van der Waals surface area (Å²) in [5.41, 5.74) is 1.35. The van der Waals surface area contributed by atoms with E-state index >= 15 is 0 Å². The molecule has 0 bridgehead atoms. The van der Waals surface area contributed by atoms with Crippen molar-refractivity contribution in [2.75, 3.05) is 19.3 Å². The molecule has 0 aromatic heterocycles. The second-order valence-electron chi connectivity index (χ2n) is 4.61. The monoisotopic (exact) mass is 279 g/mol. The van der Waals surface area contributed by atoms with Gasteiger partial charge in [0.2, 0.25) is 0 Å². The molecule has 3 nitrogen and oxygen atoms in total. The number of nitrogens with zero attached hydrogens (tertiary/aromatic N) is 2. The predicted octanol–water partition coefficient (Wildman–Crippen LogP) is 2.96. The van der Waals surface area contributed by atoms with E-state index in [4.69, 9.17) is 10.1 Å². The summed E-state index contributed by atoms with van der Waals surface area (Å²) in [5, 5.41) is 4.94. The van der Waals surface area contributed by atoms with Gasteiger partial charge in [0.1, 0.15) is 5.84 Å². The van der Waals surface area contributed by atoms with Crippen LogP contribution in [0.5, 0.6) is 0 Å². The number of benzene rings is 1. The van der Waals surface area contributed by atoms with E-state index in [-0.39, 0.29) is 0 Å². The van der Waals surface area contributed by atoms with Crippen LogP contribution in [-0.2, 0) is 6.42 Å². The molecular weight excluding hydrogens is 254 g/mol. The molecule has 0 saturated heterocycles. The summed E-state index contributed by atoms with van der Waals surface area (Å²) in [6.07, 6.45) is 2.11. The minimum atomic E-state index is 0.508. The number of hydrogen-bond acceptors (Lipinski definition) is 4. The fraction of sp³-hybridized carbons (Fsp3) is 0.533. The topological polar surface area (TPSA) is 41.6 Å². The van der Waals surface area contributed by atoms with Crippen LogP contribution in [0.3, 0.4) is 0 Å². The summed E-state index contributed by atoms with van der Waals surface area (Å²) < 4.78 is 0. The Labute approximate surface area is 121 Å². The first-order valence-corrected chi connectivity index (χ1v) is 7.89. The van der Waals surface area contributed by atoms with Gasteiger partial charge in [0.15, 0.2) is 0 Å². The summed E-state index contributed by atoms with van der Waals surface area (Å²) in [4.78, 5) is 7.00. The molecule has 0 amide bonds. The van der Waals surface area contributed by atoms with Gasteiger partial charge in [-0.15, -0.1) is 0 Å². The van der Waals surface area contributed by atoms with Crippen LogP contribution in [0.25, 0.3) is 0 Å². The van der Waals surface area contributed by atoms with E-state index in [0.29, 0.717) is 6.04 Å². The van der Waals surface area contributed by atoms with Crippen molar-refractivity contribution in [3.05, 3.63) is 35.9 Å². The number of nitrogens with two attached hydrogens (primary N) is 1. The minimum absolute atomic E-state index is 0.508. The maximum atomic E-state index is 4.94.